The van der Waals surface area contributed by atoms with E-state index in [1.165, 1.54) is 32.1 Å². The number of aromatic nitrogens is 5. The lowest BCUT2D eigenvalue weighted by molar-refractivity contribution is 0.182. The molecule has 4 heterocycles. The normalized spacial score (nSPS) is 19.8. The van der Waals surface area contributed by atoms with E-state index in [4.69, 9.17) is 9.05 Å². The molecule has 2 fully saturated rings. The number of hydrogen-bond donors (Lipinski definition) is 0. The lowest BCUT2D eigenvalue weighted by atomic mass is 9.89. The van der Waals surface area contributed by atoms with Crippen LogP contribution in [0.1, 0.15) is 74.4 Å². The summed E-state index contributed by atoms with van der Waals surface area (Å²) in [6, 6.07) is 3.99. The molecule has 2 aliphatic rings. The number of hydrogen-bond acceptors (Lipinski definition) is 7. The second-order valence-corrected chi connectivity index (χ2v) is 8.39. The van der Waals surface area contributed by atoms with Crippen molar-refractivity contribution in [2.45, 2.75) is 63.3 Å². The van der Waals surface area contributed by atoms with E-state index in [0.717, 1.165) is 55.8 Å². The second kappa shape index (κ2) is 8.10. The highest BCUT2D eigenvalue weighted by Crippen LogP contribution is 2.32. The Kier molecular flexibility index (Phi) is 5.18. The molecule has 1 aliphatic carbocycles. The molecule has 1 aliphatic heterocycles. The number of rotatable bonds is 5. The van der Waals surface area contributed by atoms with Crippen molar-refractivity contribution < 1.29 is 9.05 Å². The van der Waals surface area contributed by atoms with Crippen LogP contribution in [0.2, 0.25) is 0 Å². The molecule has 0 unspecified atom stereocenters. The van der Waals surface area contributed by atoms with Crippen LogP contribution in [0.4, 0.5) is 0 Å². The average molecular weight is 396 g/mol. The zero-order valence-electron chi connectivity index (χ0n) is 17.0. The fraction of sp³-hybridized carbons (Fsp3) is 0.619. The molecule has 0 amide bonds. The topological polar surface area (TPSA) is 86.0 Å². The third-order valence-corrected chi connectivity index (χ3v) is 6.35. The summed E-state index contributed by atoms with van der Waals surface area (Å²) in [5, 5.41) is 8.41. The van der Waals surface area contributed by atoms with Gasteiger partial charge in [-0.2, -0.15) is 9.97 Å². The Hall–Kier alpha value is -2.48. The molecule has 8 heteroatoms. The summed E-state index contributed by atoms with van der Waals surface area (Å²) in [5.41, 5.74) is 0.975. The summed E-state index contributed by atoms with van der Waals surface area (Å²) in [4.78, 5) is 11.7. The molecule has 3 aromatic rings. The molecule has 0 bridgehead atoms. The molecular formula is C21H28N6O2. The summed E-state index contributed by atoms with van der Waals surface area (Å²) in [6.45, 7) is 2.70. The van der Waals surface area contributed by atoms with E-state index in [1.54, 1.807) is 0 Å². The third-order valence-electron chi connectivity index (χ3n) is 6.35. The minimum Gasteiger partial charge on any atom is -0.348 e. The van der Waals surface area contributed by atoms with Gasteiger partial charge in [0, 0.05) is 25.1 Å². The van der Waals surface area contributed by atoms with Crippen molar-refractivity contribution in [2.24, 2.45) is 7.05 Å². The molecule has 0 atom stereocenters. The quantitative estimate of drug-likeness (QED) is 0.647. The Labute approximate surface area is 170 Å². The molecule has 8 nitrogen and oxygen atoms in total. The van der Waals surface area contributed by atoms with E-state index in [2.05, 4.69) is 25.2 Å². The van der Waals surface area contributed by atoms with Crippen molar-refractivity contribution in [2.75, 3.05) is 13.1 Å². The number of aryl methyl sites for hydroxylation is 1. The van der Waals surface area contributed by atoms with Crippen LogP contribution in [-0.4, -0.2) is 42.8 Å². The number of nitrogens with zero attached hydrogens (tertiary/aromatic N) is 6. The van der Waals surface area contributed by atoms with Gasteiger partial charge in [0.1, 0.15) is 0 Å². The molecule has 154 valence electrons. The lowest BCUT2D eigenvalue weighted by Crippen LogP contribution is -2.32. The first-order valence-electron chi connectivity index (χ1n) is 10.8. The monoisotopic (exact) mass is 396 g/mol. The number of likely N-dealkylation sites (tertiary alicyclic amines) is 1. The lowest BCUT2D eigenvalue weighted by Gasteiger charge is -2.29. The molecule has 0 radical (unpaired) electrons. The summed E-state index contributed by atoms with van der Waals surface area (Å²) in [6.07, 6.45) is 10.2. The maximum absolute atomic E-state index is 5.57. The van der Waals surface area contributed by atoms with Crippen LogP contribution in [0.25, 0.3) is 11.5 Å². The molecule has 1 saturated carbocycles. The summed E-state index contributed by atoms with van der Waals surface area (Å²) < 4.78 is 13.1. The Morgan fingerprint density at radius 1 is 0.931 bits per heavy atom. The van der Waals surface area contributed by atoms with Gasteiger partial charge in [-0.25, -0.2) is 0 Å². The zero-order chi connectivity index (χ0) is 19.6. The molecule has 5 rings (SSSR count). The maximum atomic E-state index is 5.57. The molecule has 3 aromatic heterocycles. The Morgan fingerprint density at radius 2 is 1.66 bits per heavy atom. The van der Waals surface area contributed by atoms with Gasteiger partial charge in [0.25, 0.3) is 0 Å². The Morgan fingerprint density at radius 3 is 2.41 bits per heavy atom. The fourth-order valence-electron chi connectivity index (χ4n) is 4.58. The highest BCUT2D eigenvalue weighted by Gasteiger charge is 2.27. The van der Waals surface area contributed by atoms with Crippen molar-refractivity contribution in [3.05, 3.63) is 35.9 Å². The highest BCUT2D eigenvalue weighted by atomic mass is 16.5. The van der Waals surface area contributed by atoms with Gasteiger partial charge in [-0.15, -0.1) is 0 Å². The van der Waals surface area contributed by atoms with Crippen LogP contribution in [0.5, 0.6) is 0 Å². The van der Waals surface area contributed by atoms with Crippen LogP contribution < -0.4 is 0 Å². The molecule has 0 aromatic carbocycles. The summed E-state index contributed by atoms with van der Waals surface area (Å²) >= 11 is 0. The van der Waals surface area contributed by atoms with E-state index in [1.807, 2.05) is 29.9 Å². The largest absolute Gasteiger partial charge is 0.348 e. The van der Waals surface area contributed by atoms with Gasteiger partial charge in [0.05, 0.1) is 12.2 Å². The van der Waals surface area contributed by atoms with Gasteiger partial charge < -0.3 is 13.6 Å². The van der Waals surface area contributed by atoms with Crippen molar-refractivity contribution in [1.29, 1.82) is 0 Å². The molecule has 0 N–H and O–H groups in total. The Bertz CT molecular complexity index is 931. The van der Waals surface area contributed by atoms with Crippen molar-refractivity contribution in [1.82, 2.24) is 29.7 Å². The summed E-state index contributed by atoms with van der Waals surface area (Å²) in [5.74, 6) is 3.85. The second-order valence-electron chi connectivity index (χ2n) is 8.39. The number of piperidine rings is 1. The van der Waals surface area contributed by atoms with Crippen molar-refractivity contribution in [3.63, 3.8) is 0 Å². The smallest absolute Gasteiger partial charge is 0.230 e. The highest BCUT2D eigenvalue weighted by molar-refractivity contribution is 5.49. The van der Waals surface area contributed by atoms with E-state index < -0.39 is 0 Å². The van der Waals surface area contributed by atoms with Crippen LogP contribution >= 0.6 is 0 Å². The maximum Gasteiger partial charge on any atom is 0.230 e. The van der Waals surface area contributed by atoms with Crippen LogP contribution in [-0.2, 0) is 13.6 Å². The summed E-state index contributed by atoms with van der Waals surface area (Å²) in [7, 11) is 1.99. The molecule has 1 saturated heterocycles. The van der Waals surface area contributed by atoms with E-state index in [-0.39, 0.29) is 0 Å². The average Bonchev–Trinajstić information content (AvgIpc) is 3.50. The SMILES string of the molecule is Cn1cccc1-c1noc(C2CCN(Cc3noc(C4CCCCC4)n3)CC2)n1. The minimum absolute atomic E-state index is 0.316. The van der Waals surface area contributed by atoms with E-state index >= 15 is 0 Å². The van der Waals surface area contributed by atoms with Crippen molar-refractivity contribution in [3.8, 4) is 11.5 Å². The van der Waals surface area contributed by atoms with Crippen LogP contribution in [0.15, 0.2) is 27.4 Å². The first-order chi connectivity index (χ1) is 14.3. The predicted molar refractivity (Wildman–Crippen MR) is 106 cm³/mol. The van der Waals surface area contributed by atoms with Gasteiger partial charge in [0.15, 0.2) is 5.82 Å². The first kappa shape index (κ1) is 18.5. The van der Waals surface area contributed by atoms with Gasteiger partial charge in [-0.05, 0) is 50.9 Å². The van der Waals surface area contributed by atoms with E-state index in [0.29, 0.717) is 17.7 Å². The minimum atomic E-state index is 0.316. The first-order valence-corrected chi connectivity index (χ1v) is 10.8. The van der Waals surface area contributed by atoms with Gasteiger partial charge in [-0.3, -0.25) is 4.90 Å². The third kappa shape index (κ3) is 3.99. The zero-order valence-corrected chi connectivity index (χ0v) is 17.0. The van der Waals surface area contributed by atoms with Crippen LogP contribution in [0, 0.1) is 0 Å². The standard InChI is InChI=1S/C21H28N6O2/c1-26-11-5-8-17(26)19-23-21(29-25-19)16-9-12-27(13-10-16)14-18-22-20(28-24-18)15-6-3-2-4-7-15/h5,8,11,15-16H,2-4,6-7,9-10,12-14H2,1H3. The molecule has 0 spiro atoms. The van der Waals surface area contributed by atoms with Gasteiger partial charge >= 0.3 is 0 Å². The molecule has 29 heavy (non-hydrogen) atoms. The van der Waals surface area contributed by atoms with E-state index in [9.17, 15) is 0 Å². The fourth-order valence-corrected chi connectivity index (χ4v) is 4.58. The molecular weight excluding hydrogens is 368 g/mol. The predicted octanol–water partition coefficient (Wildman–Crippen LogP) is 3.89. The van der Waals surface area contributed by atoms with Gasteiger partial charge in [0.2, 0.25) is 17.6 Å². The van der Waals surface area contributed by atoms with Crippen molar-refractivity contribution >= 4 is 0 Å². The Balaban J connectivity index is 1.16. The van der Waals surface area contributed by atoms with Gasteiger partial charge in [-0.1, -0.05) is 29.6 Å². The van der Waals surface area contributed by atoms with Crippen LogP contribution in [0.3, 0.4) is 0 Å².